The fourth-order valence-corrected chi connectivity index (χ4v) is 2.12. The number of nitrogens with one attached hydrogen (secondary N) is 1. The number of hydrogen-bond donors (Lipinski definition) is 1. The number of halogens is 1. The van der Waals surface area contributed by atoms with E-state index in [1.807, 2.05) is 25.2 Å². The van der Waals surface area contributed by atoms with Crippen molar-refractivity contribution in [2.75, 3.05) is 20.2 Å². The van der Waals surface area contributed by atoms with E-state index in [0.29, 0.717) is 0 Å². The number of benzene rings is 1. The molecule has 2 nitrogen and oxygen atoms in total. The molecule has 3 heteroatoms. The molecule has 1 aromatic carbocycles. The maximum atomic E-state index is 6.02. The molecule has 0 aromatic heterocycles. The van der Waals surface area contributed by atoms with Crippen LogP contribution in [0.15, 0.2) is 24.3 Å². The van der Waals surface area contributed by atoms with E-state index in [0.717, 1.165) is 30.2 Å². The van der Waals surface area contributed by atoms with Gasteiger partial charge < -0.3 is 10.1 Å². The molecule has 0 bridgehead atoms. The van der Waals surface area contributed by atoms with Crippen LogP contribution >= 0.6 is 11.6 Å². The Balaban J connectivity index is 2.44. The second-order valence-electron chi connectivity index (χ2n) is 4.53. The summed E-state index contributed by atoms with van der Waals surface area (Å²) in [4.78, 5) is 0. The van der Waals surface area contributed by atoms with Crippen molar-refractivity contribution >= 4 is 11.6 Å². The zero-order valence-corrected chi connectivity index (χ0v) is 12.2. The Kier molecular flexibility index (Phi) is 8.06. The smallest absolute Gasteiger partial charge is 0.0949 e. The summed E-state index contributed by atoms with van der Waals surface area (Å²) in [6.45, 7) is 3.85. The third-order valence-corrected chi connectivity index (χ3v) is 3.16. The Morgan fingerprint density at radius 1 is 1.28 bits per heavy atom. The fraction of sp³-hybridized carbons (Fsp3) is 0.600. The second-order valence-corrected chi connectivity index (χ2v) is 4.97. The van der Waals surface area contributed by atoms with Crippen LogP contribution in [0.5, 0.6) is 0 Å². The molecule has 1 aromatic rings. The topological polar surface area (TPSA) is 21.3 Å². The lowest BCUT2D eigenvalue weighted by atomic mass is 10.1. The highest BCUT2D eigenvalue weighted by atomic mass is 35.5. The SMILES string of the molecule is CCCCCCOC(CNC)c1cccc(Cl)c1. The van der Waals surface area contributed by atoms with Crippen LogP contribution in [0, 0.1) is 0 Å². The number of rotatable bonds is 9. The summed E-state index contributed by atoms with van der Waals surface area (Å²) in [7, 11) is 1.94. The lowest BCUT2D eigenvalue weighted by Crippen LogP contribution is -2.20. The summed E-state index contributed by atoms with van der Waals surface area (Å²) in [6.07, 6.45) is 5.02. The molecule has 0 fully saturated rings. The molecule has 102 valence electrons. The zero-order valence-electron chi connectivity index (χ0n) is 11.4. The molecule has 0 amide bonds. The first kappa shape index (κ1) is 15.5. The maximum Gasteiger partial charge on any atom is 0.0949 e. The first-order chi connectivity index (χ1) is 8.77. The van der Waals surface area contributed by atoms with Gasteiger partial charge in [-0.2, -0.15) is 0 Å². The van der Waals surface area contributed by atoms with E-state index < -0.39 is 0 Å². The maximum absolute atomic E-state index is 6.02. The van der Waals surface area contributed by atoms with Gasteiger partial charge in [0.2, 0.25) is 0 Å². The minimum atomic E-state index is 0.0929. The van der Waals surface area contributed by atoms with Gasteiger partial charge in [0.15, 0.2) is 0 Å². The van der Waals surface area contributed by atoms with Crippen LogP contribution in [-0.2, 0) is 4.74 Å². The molecule has 0 heterocycles. The molecule has 0 aliphatic rings. The summed E-state index contributed by atoms with van der Waals surface area (Å²) in [5.41, 5.74) is 1.15. The average molecular weight is 270 g/mol. The van der Waals surface area contributed by atoms with Crippen LogP contribution in [-0.4, -0.2) is 20.2 Å². The molecule has 0 aliphatic heterocycles. The third kappa shape index (κ3) is 5.85. The lowest BCUT2D eigenvalue weighted by molar-refractivity contribution is 0.0511. The highest BCUT2D eigenvalue weighted by Gasteiger charge is 2.11. The summed E-state index contributed by atoms with van der Waals surface area (Å²) in [5.74, 6) is 0. The summed E-state index contributed by atoms with van der Waals surface area (Å²) in [5, 5.41) is 3.94. The van der Waals surface area contributed by atoms with Crippen molar-refractivity contribution in [3.63, 3.8) is 0 Å². The molecule has 1 rings (SSSR count). The van der Waals surface area contributed by atoms with Crippen LogP contribution in [0.4, 0.5) is 0 Å². The Bertz CT molecular complexity index is 330. The second kappa shape index (κ2) is 9.37. The quantitative estimate of drug-likeness (QED) is 0.679. The van der Waals surface area contributed by atoms with Gasteiger partial charge in [-0.05, 0) is 31.2 Å². The predicted octanol–water partition coefficient (Wildman–Crippen LogP) is 4.20. The fourth-order valence-electron chi connectivity index (χ4n) is 1.92. The van der Waals surface area contributed by atoms with Gasteiger partial charge in [-0.25, -0.2) is 0 Å². The van der Waals surface area contributed by atoms with Gasteiger partial charge in [-0.15, -0.1) is 0 Å². The largest absolute Gasteiger partial charge is 0.372 e. The molecule has 0 radical (unpaired) electrons. The molecule has 0 spiro atoms. The van der Waals surface area contributed by atoms with Crippen LogP contribution in [0.25, 0.3) is 0 Å². The standard InChI is InChI=1S/C15H24ClNO/c1-3-4-5-6-10-18-15(12-17-2)13-8-7-9-14(16)11-13/h7-9,11,15,17H,3-6,10,12H2,1-2H3. The molecular formula is C15H24ClNO. The average Bonchev–Trinajstić information content (AvgIpc) is 2.37. The number of likely N-dealkylation sites (N-methyl/N-ethyl adjacent to an activating group) is 1. The monoisotopic (exact) mass is 269 g/mol. The van der Waals surface area contributed by atoms with Crippen molar-refractivity contribution in [3.8, 4) is 0 Å². The highest BCUT2D eigenvalue weighted by molar-refractivity contribution is 6.30. The minimum Gasteiger partial charge on any atom is -0.372 e. The summed E-state index contributed by atoms with van der Waals surface area (Å²) >= 11 is 6.02. The summed E-state index contributed by atoms with van der Waals surface area (Å²) in [6, 6.07) is 7.92. The zero-order chi connectivity index (χ0) is 13.2. The number of hydrogen-bond acceptors (Lipinski definition) is 2. The van der Waals surface area contributed by atoms with Gasteiger partial charge in [0.25, 0.3) is 0 Å². The van der Waals surface area contributed by atoms with E-state index >= 15 is 0 Å². The molecular weight excluding hydrogens is 246 g/mol. The van der Waals surface area contributed by atoms with Gasteiger partial charge in [0.05, 0.1) is 6.10 Å². The van der Waals surface area contributed by atoms with Gasteiger partial charge in [0, 0.05) is 18.2 Å². The third-order valence-electron chi connectivity index (χ3n) is 2.93. The minimum absolute atomic E-state index is 0.0929. The van der Waals surface area contributed by atoms with Crippen LogP contribution in [0.3, 0.4) is 0 Å². The van der Waals surface area contributed by atoms with E-state index in [4.69, 9.17) is 16.3 Å². The number of ether oxygens (including phenoxy) is 1. The Labute approximate surface area is 116 Å². The Morgan fingerprint density at radius 2 is 2.11 bits per heavy atom. The van der Waals surface area contributed by atoms with E-state index in [2.05, 4.69) is 18.3 Å². The van der Waals surface area contributed by atoms with Crippen LogP contribution in [0.1, 0.15) is 44.3 Å². The number of unbranched alkanes of at least 4 members (excludes halogenated alkanes) is 3. The first-order valence-electron chi connectivity index (χ1n) is 6.79. The molecule has 1 N–H and O–H groups in total. The van der Waals surface area contributed by atoms with Crippen molar-refractivity contribution in [3.05, 3.63) is 34.9 Å². The van der Waals surface area contributed by atoms with E-state index in [1.165, 1.54) is 19.3 Å². The van der Waals surface area contributed by atoms with Gasteiger partial charge in [-0.3, -0.25) is 0 Å². The van der Waals surface area contributed by atoms with E-state index in [1.54, 1.807) is 0 Å². The first-order valence-corrected chi connectivity index (χ1v) is 7.17. The summed E-state index contributed by atoms with van der Waals surface area (Å²) < 4.78 is 5.95. The van der Waals surface area contributed by atoms with Gasteiger partial charge in [0.1, 0.15) is 0 Å². The van der Waals surface area contributed by atoms with Gasteiger partial charge in [-0.1, -0.05) is 49.9 Å². The highest BCUT2D eigenvalue weighted by Crippen LogP contribution is 2.20. The molecule has 0 saturated carbocycles. The Hall–Kier alpha value is -0.570. The van der Waals surface area contributed by atoms with E-state index in [-0.39, 0.29) is 6.10 Å². The van der Waals surface area contributed by atoms with Crippen molar-refractivity contribution in [1.29, 1.82) is 0 Å². The van der Waals surface area contributed by atoms with Crippen molar-refractivity contribution in [2.45, 2.75) is 38.7 Å². The molecule has 0 aliphatic carbocycles. The normalized spacial score (nSPS) is 12.6. The molecule has 18 heavy (non-hydrogen) atoms. The van der Waals surface area contributed by atoms with Crippen LogP contribution < -0.4 is 5.32 Å². The Morgan fingerprint density at radius 3 is 2.78 bits per heavy atom. The predicted molar refractivity (Wildman–Crippen MR) is 78.2 cm³/mol. The van der Waals surface area contributed by atoms with Gasteiger partial charge >= 0.3 is 0 Å². The van der Waals surface area contributed by atoms with E-state index in [9.17, 15) is 0 Å². The molecule has 0 saturated heterocycles. The van der Waals surface area contributed by atoms with Crippen molar-refractivity contribution < 1.29 is 4.74 Å². The molecule has 1 atom stereocenters. The van der Waals surface area contributed by atoms with Crippen molar-refractivity contribution in [2.24, 2.45) is 0 Å². The molecule has 1 unspecified atom stereocenters. The van der Waals surface area contributed by atoms with Crippen molar-refractivity contribution in [1.82, 2.24) is 5.32 Å². The van der Waals surface area contributed by atoms with Crippen LogP contribution in [0.2, 0.25) is 5.02 Å². The lowest BCUT2D eigenvalue weighted by Gasteiger charge is -2.18.